The van der Waals surface area contributed by atoms with Crippen LogP contribution in [0.4, 0.5) is 45.5 Å². The number of hydrogen-bond donors (Lipinski definition) is 3. The lowest BCUT2D eigenvalue weighted by Gasteiger charge is -2.12. The van der Waals surface area contributed by atoms with Crippen molar-refractivity contribution in [1.82, 2.24) is 0 Å². The van der Waals surface area contributed by atoms with E-state index in [0.29, 0.717) is 61.2 Å². The second-order valence-corrected chi connectivity index (χ2v) is 14.6. The van der Waals surface area contributed by atoms with E-state index in [1.807, 2.05) is 97.1 Å². The molecule has 8 aromatic rings. The van der Waals surface area contributed by atoms with E-state index < -0.39 is 10.1 Å². The number of methoxy groups -OCH3 is 3. The van der Waals surface area contributed by atoms with E-state index in [0.717, 1.165) is 22.5 Å². The maximum absolute atomic E-state index is 11.9. The number of anilines is 2. The number of benzene rings is 8. The van der Waals surface area contributed by atoms with Gasteiger partial charge in [0.05, 0.1) is 32.7 Å². The van der Waals surface area contributed by atoms with Gasteiger partial charge in [-0.15, -0.1) is 30.7 Å². The highest BCUT2D eigenvalue weighted by Gasteiger charge is 2.18. The molecule has 0 spiro atoms. The molecule has 0 bridgehead atoms. The summed E-state index contributed by atoms with van der Waals surface area (Å²) in [6.07, 6.45) is 0. The van der Waals surface area contributed by atoms with E-state index in [-0.39, 0.29) is 22.0 Å². The summed E-state index contributed by atoms with van der Waals surface area (Å²) < 4.78 is 50.4. The molecule has 0 saturated carbocycles. The van der Waals surface area contributed by atoms with Crippen molar-refractivity contribution in [2.75, 3.05) is 26.6 Å². The predicted molar refractivity (Wildman–Crippen MR) is 232 cm³/mol. The Balaban J connectivity index is 1.12. The average Bonchev–Trinajstić information content (AvgIpc) is 3.27. The van der Waals surface area contributed by atoms with Crippen LogP contribution < -0.4 is 19.5 Å². The van der Waals surface area contributed by atoms with Gasteiger partial charge in [-0.1, -0.05) is 66.7 Å². The van der Waals surface area contributed by atoms with Crippen LogP contribution in [0, 0.1) is 0 Å². The third-order valence-corrected chi connectivity index (χ3v) is 10.5. The van der Waals surface area contributed by atoms with E-state index in [1.54, 1.807) is 31.4 Å². The normalized spacial score (nSPS) is 12.0. The van der Waals surface area contributed by atoms with Crippen LogP contribution in [0.2, 0.25) is 0 Å². The van der Waals surface area contributed by atoms with Crippen molar-refractivity contribution in [1.29, 1.82) is 0 Å². The summed E-state index contributed by atoms with van der Waals surface area (Å²) in [4.78, 5) is -0.369. The first kappa shape index (κ1) is 39.1. The van der Waals surface area contributed by atoms with Gasteiger partial charge in [0.2, 0.25) is 0 Å². The molecule has 0 heterocycles. The molecule has 298 valence electrons. The Hall–Kier alpha value is -7.75. The molecule has 15 heteroatoms. The number of rotatable bonds is 12. The van der Waals surface area contributed by atoms with Crippen LogP contribution in [0.25, 0.3) is 32.3 Å². The third-order valence-electron chi connectivity index (χ3n) is 9.63. The van der Waals surface area contributed by atoms with Gasteiger partial charge in [0.1, 0.15) is 44.9 Å². The number of phenols is 1. The number of aromatic hydroxyl groups is 1. The quantitative estimate of drug-likeness (QED) is 0.0801. The zero-order valence-corrected chi connectivity index (χ0v) is 33.1. The van der Waals surface area contributed by atoms with E-state index >= 15 is 0 Å². The summed E-state index contributed by atoms with van der Waals surface area (Å²) in [5.41, 5.74) is 3.68. The van der Waals surface area contributed by atoms with Crippen LogP contribution in [0.15, 0.2) is 175 Å². The van der Waals surface area contributed by atoms with Crippen LogP contribution in [0.3, 0.4) is 0 Å². The highest BCUT2D eigenvalue weighted by molar-refractivity contribution is 7.86. The fourth-order valence-corrected chi connectivity index (χ4v) is 7.31. The smallest absolute Gasteiger partial charge is 0.296 e. The molecular weight excluding hydrogens is 783 g/mol. The van der Waals surface area contributed by atoms with Crippen LogP contribution in [-0.2, 0) is 10.1 Å². The molecule has 0 atom stereocenters. The lowest BCUT2D eigenvalue weighted by molar-refractivity contribution is 0.415. The Morgan fingerprint density at radius 3 is 1.58 bits per heavy atom. The number of fused-ring (bicyclic) bond motifs is 3. The highest BCUT2D eigenvalue weighted by Crippen LogP contribution is 2.46. The third kappa shape index (κ3) is 7.90. The Labute approximate surface area is 343 Å². The molecule has 0 radical (unpaired) electrons. The van der Waals surface area contributed by atoms with Crippen molar-refractivity contribution in [2.24, 2.45) is 30.7 Å². The summed E-state index contributed by atoms with van der Waals surface area (Å²) in [5, 5.41) is 45.6. The van der Waals surface area contributed by atoms with Crippen molar-refractivity contribution in [3.63, 3.8) is 0 Å². The fourth-order valence-electron chi connectivity index (χ4n) is 6.69. The minimum Gasteiger partial charge on any atom is -0.505 e. The van der Waals surface area contributed by atoms with Gasteiger partial charge in [-0.3, -0.25) is 4.55 Å². The molecule has 0 fully saturated rings. The monoisotopic (exact) mass is 817 g/mol. The van der Waals surface area contributed by atoms with Gasteiger partial charge in [-0.05, 0) is 66.0 Å². The minimum atomic E-state index is -4.53. The highest BCUT2D eigenvalue weighted by atomic mass is 32.2. The number of hydrogen-bond acceptors (Lipinski definition) is 13. The molecule has 0 aliphatic heterocycles. The molecular formula is C45H35N7O7S. The molecule has 0 aliphatic rings. The molecule has 0 amide bonds. The van der Waals surface area contributed by atoms with Crippen molar-refractivity contribution >= 4 is 87.9 Å². The molecule has 0 aliphatic carbocycles. The zero-order valence-electron chi connectivity index (χ0n) is 32.3. The summed E-state index contributed by atoms with van der Waals surface area (Å²) in [7, 11) is 0.101. The standard InChI is InChI=1S/C45H35N7O7S/c1-57-30-20-17-28(18-21-30)46-29-19-22-31-27(24-29)16-23-37(45(31)53)48-51-43-35-13-7-5-11-33(35)39(26-41(43)59-3)50-52-44-34-12-6-4-10-32(34)38(25-40(44)58-2)49-47-36-14-8-9-15-42(36)60(54,55)56/h4-26,46,53H,1-3H3,(H,54,55,56). The Bertz CT molecular complexity index is 3140. The number of phenolic OH excluding ortho intramolecular Hbond substituents is 1. The Morgan fingerprint density at radius 1 is 0.483 bits per heavy atom. The maximum atomic E-state index is 11.9. The molecule has 8 aromatic carbocycles. The summed E-state index contributed by atoms with van der Waals surface area (Å²) >= 11 is 0. The van der Waals surface area contributed by atoms with Crippen LogP contribution in [0.5, 0.6) is 23.0 Å². The molecule has 0 aromatic heterocycles. The SMILES string of the molecule is COc1ccc(Nc2ccc3c(O)c(N=Nc4c(OC)cc(N=Nc5c(OC)cc(N=Nc6ccccc6S(=O)(=O)O)c6ccccc56)c5ccccc45)ccc3c2)cc1. The van der Waals surface area contributed by atoms with Gasteiger partial charge in [0.15, 0.2) is 5.75 Å². The maximum Gasteiger partial charge on any atom is 0.296 e. The van der Waals surface area contributed by atoms with E-state index in [2.05, 4.69) is 36.0 Å². The second kappa shape index (κ2) is 16.6. The Morgan fingerprint density at radius 2 is 1.00 bits per heavy atom. The van der Waals surface area contributed by atoms with Crippen molar-refractivity contribution in [2.45, 2.75) is 4.90 Å². The van der Waals surface area contributed by atoms with Gasteiger partial charge >= 0.3 is 0 Å². The van der Waals surface area contributed by atoms with Gasteiger partial charge in [0, 0.05) is 50.4 Å². The number of ether oxygens (including phenoxy) is 3. The molecule has 0 unspecified atom stereocenters. The van der Waals surface area contributed by atoms with Gasteiger partial charge < -0.3 is 24.6 Å². The van der Waals surface area contributed by atoms with E-state index in [4.69, 9.17) is 14.2 Å². The lowest BCUT2D eigenvalue weighted by Crippen LogP contribution is -1.97. The Kier molecular flexibility index (Phi) is 10.8. The molecule has 0 saturated heterocycles. The first-order valence-electron chi connectivity index (χ1n) is 18.3. The molecule has 3 N–H and O–H groups in total. The van der Waals surface area contributed by atoms with Crippen molar-refractivity contribution in [3.05, 3.63) is 140 Å². The van der Waals surface area contributed by atoms with Gasteiger partial charge in [-0.25, -0.2) is 0 Å². The fraction of sp³-hybridized carbons (Fsp3) is 0.0667. The molecule has 8 rings (SSSR count). The topological polar surface area (TPSA) is 188 Å². The zero-order chi connectivity index (χ0) is 41.8. The van der Waals surface area contributed by atoms with Crippen LogP contribution >= 0.6 is 0 Å². The average molecular weight is 818 g/mol. The summed E-state index contributed by atoms with van der Waals surface area (Å²) in [5.74, 6) is 1.45. The first-order valence-corrected chi connectivity index (χ1v) is 19.8. The molecule has 14 nitrogen and oxygen atoms in total. The minimum absolute atomic E-state index is 0.0162. The second-order valence-electron chi connectivity index (χ2n) is 13.2. The largest absolute Gasteiger partial charge is 0.505 e. The number of azo groups is 3. The number of nitrogens with zero attached hydrogens (tertiary/aromatic N) is 6. The van der Waals surface area contributed by atoms with Gasteiger partial charge in [-0.2, -0.15) is 8.42 Å². The van der Waals surface area contributed by atoms with Crippen LogP contribution in [-0.4, -0.2) is 39.4 Å². The lowest BCUT2D eigenvalue weighted by atomic mass is 10.1. The first-order chi connectivity index (χ1) is 29.1. The van der Waals surface area contributed by atoms with Gasteiger partial charge in [0.25, 0.3) is 10.1 Å². The van der Waals surface area contributed by atoms with E-state index in [1.165, 1.54) is 32.4 Å². The molecule has 60 heavy (non-hydrogen) atoms. The van der Waals surface area contributed by atoms with Crippen LogP contribution in [0.1, 0.15) is 0 Å². The van der Waals surface area contributed by atoms with Crippen molar-refractivity contribution < 1.29 is 32.3 Å². The summed E-state index contributed by atoms with van der Waals surface area (Å²) in [6.45, 7) is 0. The van der Waals surface area contributed by atoms with E-state index in [9.17, 15) is 18.1 Å². The summed E-state index contributed by atoms with van der Waals surface area (Å²) in [6, 6.07) is 40.7. The van der Waals surface area contributed by atoms with Crippen molar-refractivity contribution in [3.8, 4) is 23.0 Å². The predicted octanol–water partition coefficient (Wildman–Crippen LogP) is 13.1. The number of nitrogens with one attached hydrogen (secondary N) is 1.